The van der Waals surface area contributed by atoms with Crippen LogP contribution >= 0.6 is 11.3 Å². The molecule has 1 aliphatic rings. The molecule has 0 atom stereocenters. The van der Waals surface area contributed by atoms with Crippen molar-refractivity contribution >= 4 is 34.9 Å². The van der Waals surface area contributed by atoms with Gasteiger partial charge in [-0.25, -0.2) is 9.78 Å². The van der Waals surface area contributed by atoms with E-state index in [0.717, 1.165) is 15.4 Å². The Morgan fingerprint density at radius 2 is 1.80 bits per heavy atom. The number of amides is 3. The third-order valence-electron chi connectivity index (χ3n) is 5.57. The second-order valence-electron chi connectivity index (χ2n) is 9.81. The van der Waals surface area contributed by atoms with Crippen molar-refractivity contribution in [1.82, 2.24) is 15.8 Å². The van der Waals surface area contributed by atoms with Crippen LogP contribution in [0.2, 0.25) is 0 Å². The Balaban J connectivity index is 1.17. The molecular formula is C29H26N4O6S. The van der Waals surface area contributed by atoms with Crippen LogP contribution in [0.1, 0.15) is 46.4 Å². The number of hydrogen-bond acceptors (Lipinski definition) is 8. The van der Waals surface area contributed by atoms with Gasteiger partial charge in [0.05, 0.1) is 17.8 Å². The van der Waals surface area contributed by atoms with Gasteiger partial charge in [-0.1, -0.05) is 12.1 Å². The second-order valence-corrected chi connectivity index (χ2v) is 10.9. The third kappa shape index (κ3) is 6.38. The number of ether oxygens (including phenoxy) is 2. The summed E-state index contributed by atoms with van der Waals surface area (Å²) in [5.41, 5.74) is 3.70. The third-order valence-corrected chi connectivity index (χ3v) is 6.62. The van der Waals surface area contributed by atoms with E-state index < -0.39 is 11.7 Å². The van der Waals surface area contributed by atoms with Gasteiger partial charge in [-0.3, -0.25) is 9.59 Å². The molecule has 204 valence electrons. The Kier molecular flexibility index (Phi) is 7.39. The Labute approximate surface area is 234 Å². The highest BCUT2D eigenvalue weighted by atomic mass is 32.1. The van der Waals surface area contributed by atoms with E-state index in [1.807, 2.05) is 12.1 Å². The molecule has 40 heavy (non-hydrogen) atoms. The Bertz CT molecular complexity index is 1580. The average Bonchev–Trinajstić information content (AvgIpc) is 3.34. The molecular weight excluding hydrogens is 532 g/mol. The fourth-order valence-electron chi connectivity index (χ4n) is 3.77. The number of hydroxylamine groups is 1. The molecule has 0 saturated heterocycles. The predicted octanol–water partition coefficient (Wildman–Crippen LogP) is 5.92. The van der Waals surface area contributed by atoms with Crippen molar-refractivity contribution < 1.29 is 28.7 Å². The number of anilines is 1. The summed E-state index contributed by atoms with van der Waals surface area (Å²) in [5.74, 6) is 0.746. The van der Waals surface area contributed by atoms with Crippen molar-refractivity contribution in [3.63, 3.8) is 0 Å². The van der Waals surface area contributed by atoms with Crippen molar-refractivity contribution in [3.05, 3.63) is 88.9 Å². The molecule has 0 bridgehead atoms. The number of para-hydroxylation sites is 1. The van der Waals surface area contributed by atoms with Crippen LogP contribution in [-0.4, -0.2) is 28.5 Å². The lowest BCUT2D eigenvalue weighted by molar-refractivity contribution is 0.0287. The minimum atomic E-state index is -0.683. The number of nitrogens with zero attached hydrogens (tertiary/aromatic N) is 1. The number of carbonyl (C=O) groups excluding carboxylic acids is 3. The normalized spacial score (nSPS) is 12.1. The summed E-state index contributed by atoms with van der Waals surface area (Å²) < 4.78 is 11.0. The van der Waals surface area contributed by atoms with Crippen molar-refractivity contribution in [2.75, 3.05) is 5.32 Å². The maximum absolute atomic E-state index is 12.9. The highest BCUT2D eigenvalue weighted by Gasteiger charge is 2.22. The Hall–Kier alpha value is -4.90. The lowest BCUT2D eigenvalue weighted by atomic mass is 10.1. The first-order valence-corrected chi connectivity index (χ1v) is 13.2. The van der Waals surface area contributed by atoms with Gasteiger partial charge in [-0.15, -0.1) is 11.3 Å². The number of carbonyl (C=O) groups is 3. The van der Waals surface area contributed by atoms with Gasteiger partial charge in [0, 0.05) is 22.2 Å². The molecule has 0 radical (unpaired) electrons. The molecule has 3 N–H and O–H groups in total. The molecule has 3 amide bonds. The first-order valence-electron chi connectivity index (χ1n) is 12.4. The fraction of sp³-hybridized carbons (Fsp3) is 0.172. The minimum Gasteiger partial charge on any atom is -0.454 e. The van der Waals surface area contributed by atoms with Gasteiger partial charge in [0.15, 0.2) is 11.5 Å². The summed E-state index contributed by atoms with van der Waals surface area (Å²) in [6, 6.07) is 18.9. The van der Waals surface area contributed by atoms with Crippen molar-refractivity contribution in [1.29, 1.82) is 0 Å². The SMILES string of the molecule is CC(C)(C)OC(=O)NOc1ccc(-c2ncc(CNC(=O)c3ccc4c(c3)NC(=O)c3ccccc3O4)s2)cc1. The molecule has 11 heteroatoms. The summed E-state index contributed by atoms with van der Waals surface area (Å²) in [7, 11) is 0. The van der Waals surface area contributed by atoms with E-state index in [-0.39, 0.29) is 18.4 Å². The zero-order valence-electron chi connectivity index (χ0n) is 21.9. The molecule has 0 spiro atoms. The zero-order chi connectivity index (χ0) is 28.3. The summed E-state index contributed by atoms with van der Waals surface area (Å²) >= 11 is 1.44. The monoisotopic (exact) mass is 558 g/mol. The van der Waals surface area contributed by atoms with E-state index in [1.54, 1.807) is 81.6 Å². The fourth-order valence-corrected chi connectivity index (χ4v) is 4.62. The van der Waals surface area contributed by atoms with Gasteiger partial charge in [-0.05, 0) is 75.4 Å². The topological polar surface area (TPSA) is 128 Å². The van der Waals surface area contributed by atoms with Crippen LogP contribution in [0.3, 0.4) is 0 Å². The lowest BCUT2D eigenvalue weighted by Gasteiger charge is -2.19. The number of rotatable bonds is 6. The number of aromatic nitrogens is 1. The second kappa shape index (κ2) is 11.1. The minimum absolute atomic E-state index is 0.281. The predicted molar refractivity (Wildman–Crippen MR) is 150 cm³/mol. The Morgan fingerprint density at radius 3 is 2.58 bits per heavy atom. The van der Waals surface area contributed by atoms with Crippen LogP contribution < -0.4 is 25.7 Å². The van der Waals surface area contributed by atoms with E-state index in [0.29, 0.717) is 34.1 Å². The van der Waals surface area contributed by atoms with E-state index >= 15 is 0 Å². The molecule has 1 aliphatic heterocycles. The molecule has 2 heterocycles. The molecule has 0 saturated carbocycles. The van der Waals surface area contributed by atoms with E-state index in [4.69, 9.17) is 14.3 Å². The zero-order valence-corrected chi connectivity index (χ0v) is 22.8. The van der Waals surface area contributed by atoms with Gasteiger partial charge in [0.1, 0.15) is 16.4 Å². The largest absolute Gasteiger partial charge is 0.454 e. The van der Waals surface area contributed by atoms with Gasteiger partial charge < -0.3 is 24.9 Å². The highest BCUT2D eigenvalue weighted by molar-refractivity contribution is 7.15. The van der Waals surface area contributed by atoms with Gasteiger partial charge in [-0.2, -0.15) is 5.48 Å². The van der Waals surface area contributed by atoms with Crippen molar-refractivity contribution in [2.24, 2.45) is 0 Å². The van der Waals surface area contributed by atoms with Crippen LogP contribution in [0.5, 0.6) is 17.2 Å². The number of benzene rings is 3. The maximum atomic E-state index is 12.9. The smallest absolute Gasteiger partial charge is 0.441 e. The number of fused-ring (bicyclic) bond motifs is 2. The van der Waals surface area contributed by atoms with Crippen LogP contribution in [0.25, 0.3) is 10.6 Å². The number of hydrogen-bond donors (Lipinski definition) is 3. The molecule has 0 aliphatic carbocycles. The molecule has 4 aromatic rings. The molecule has 10 nitrogen and oxygen atoms in total. The molecule has 3 aromatic carbocycles. The number of nitrogens with one attached hydrogen (secondary N) is 3. The van der Waals surface area contributed by atoms with E-state index in [2.05, 4.69) is 21.1 Å². The van der Waals surface area contributed by atoms with Crippen molar-refractivity contribution in [3.8, 4) is 27.8 Å². The first kappa shape index (κ1) is 26.7. The Morgan fingerprint density at radius 1 is 1.02 bits per heavy atom. The van der Waals surface area contributed by atoms with Gasteiger partial charge >= 0.3 is 6.09 Å². The van der Waals surface area contributed by atoms with E-state index in [9.17, 15) is 14.4 Å². The van der Waals surface area contributed by atoms with E-state index in [1.165, 1.54) is 11.3 Å². The molecule has 0 fully saturated rings. The van der Waals surface area contributed by atoms with Crippen LogP contribution in [-0.2, 0) is 11.3 Å². The maximum Gasteiger partial charge on any atom is 0.441 e. The number of thiazole rings is 1. The van der Waals surface area contributed by atoms with Crippen molar-refractivity contribution in [2.45, 2.75) is 32.9 Å². The summed E-state index contributed by atoms with van der Waals surface area (Å²) in [6.45, 7) is 5.57. The van der Waals surface area contributed by atoms with Gasteiger partial charge in [0.25, 0.3) is 11.8 Å². The summed E-state index contributed by atoms with van der Waals surface area (Å²) in [4.78, 5) is 47.7. The molecule has 1 aromatic heterocycles. The quantitative estimate of drug-likeness (QED) is 0.251. The van der Waals surface area contributed by atoms with Crippen LogP contribution in [0, 0.1) is 0 Å². The summed E-state index contributed by atoms with van der Waals surface area (Å²) in [5, 5.41) is 6.46. The van der Waals surface area contributed by atoms with Gasteiger partial charge in [0.2, 0.25) is 0 Å². The lowest BCUT2D eigenvalue weighted by Crippen LogP contribution is -2.34. The van der Waals surface area contributed by atoms with Crippen LogP contribution in [0.15, 0.2) is 72.9 Å². The van der Waals surface area contributed by atoms with Crippen LogP contribution in [0.4, 0.5) is 10.5 Å². The standard InChI is InChI=1S/C29H26N4O6S/c1-29(2,3)38-28(36)33-39-19-11-8-17(9-12-19)27-31-16-20(40-27)15-30-25(34)18-10-13-24-22(14-18)32-26(35)21-6-4-5-7-23(21)37-24/h4-14,16H,15H2,1-3H3,(H,30,34)(H,32,35)(H,33,36). The molecule has 5 rings (SSSR count). The average molecular weight is 559 g/mol. The first-order chi connectivity index (χ1) is 19.1. The summed E-state index contributed by atoms with van der Waals surface area (Å²) in [6.07, 6.45) is 1.02. The highest BCUT2D eigenvalue weighted by Crippen LogP contribution is 2.36. The molecule has 0 unspecified atom stereocenters.